The Kier molecular flexibility index (Phi) is 1.44. The number of rotatable bonds is 0. The van der Waals surface area contributed by atoms with Crippen molar-refractivity contribution in [1.82, 2.24) is 0 Å². The van der Waals surface area contributed by atoms with Crippen molar-refractivity contribution < 1.29 is 14.0 Å². The highest BCUT2D eigenvalue weighted by molar-refractivity contribution is 8.05. The molecule has 0 unspecified atom stereocenters. The number of halogens is 1. The summed E-state index contributed by atoms with van der Waals surface area (Å²) in [6.07, 6.45) is 0. The van der Waals surface area contributed by atoms with Crippen LogP contribution in [0.3, 0.4) is 0 Å². The van der Waals surface area contributed by atoms with E-state index in [1.165, 1.54) is 0 Å². The average Bonchev–Trinajstić information content (AvgIpc) is 0.722. The average molecular weight is 114 g/mol. The molecule has 5 heavy (non-hydrogen) atoms. The van der Waals surface area contributed by atoms with Gasteiger partial charge in [-0.1, -0.05) is 11.8 Å². The lowest BCUT2D eigenvalue weighted by Crippen LogP contribution is -2.06. The summed E-state index contributed by atoms with van der Waals surface area (Å²) in [6, 6.07) is 0. The molecule has 5 heteroatoms. The Bertz CT molecular complexity index is 55.8. The highest BCUT2D eigenvalue weighted by Crippen LogP contribution is 2.23. The second kappa shape index (κ2) is 1.30. The maximum absolute atomic E-state index is 10.5. The lowest BCUT2D eigenvalue weighted by molar-refractivity contribution is -0.308. The van der Waals surface area contributed by atoms with E-state index in [2.05, 4.69) is 11.8 Å². The van der Waals surface area contributed by atoms with Crippen molar-refractivity contribution in [2.75, 3.05) is 0 Å². The first-order valence-electron chi connectivity index (χ1n) is 0.717. The summed E-state index contributed by atoms with van der Waals surface area (Å²) < 4.78 is 10.5. The van der Waals surface area contributed by atoms with Crippen LogP contribution in [0.15, 0.2) is 0 Å². The van der Waals surface area contributed by atoms with Gasteiger partial charge in [0.1, 0.15) is 0 Å². The van der Waals surface area contributed by atoms with Gasteiger partial charge in [-0.25, -0.2) is 0 Å². The van der Waals surface area contributed by atoms with Gasteiger partial charge in [-0.05, 0) is 6.80 Å². The molecule has 0 saturated heterocycles. The molecule has 2 nitrogen and oxygen atoms in total. The molecule has 0 aliphatic heterocycles. The Morgan fingerprint density at radius 3 is 1.60 bits per heavy atom. The summed E-state index contributed by atoms with van der Waals surface area (Å²) in [5.74, 6) is 0. The molecule has 0 radical (unpaired) electrons. The Labute approximate surface area is 33.5 Å². The van der Waals surface area contributed by atoms with Gasteiger partial charge in [0.25, 0.3) is 0 Å². The van der Waals surface area contributed by atoms with Crippen LogP contribution < -0.4 is 9.79 Å². The summed E-state index contributed by atoms with van der Waals surface area (Å²) in [4.78, 5) is 17.6. The van der Waals surface area contributed by atoms with Gasteiger partial charge in [0.15, 0.2) is 0 Å². The van der Waals surface area contributed by atoms with E-state index in [1.54, 1.807) is 0 Å². The van der Waals surface area contributed by atoms with E-state index in [4.69, 9.17) is 9.79 Å². The van der Waals surface area contributed by atoms with Crippen LogP contribution >= 0.6 is 6.80 Å². The summed E-state index contributed by atoms with van der Waals surface area (Å²) in [5.41, 5.74) is 0. The van der Waals surface area contributed by atoms with Crippen LogP contribution in [0.4, 0.5) is 4.20 Å². The van der Waals surface area contributed by atoms with Crippen molar-refractivity contribution >= 4 is 18.6 Å². The molecule has 0 saturated carbocycles. The standard InChI is InChI=1S/FH2O2PS/c1-4(2,3)5/h(H2,2,3,5)/p-2. The smallest absolute Gasteiger partial charge is 0.0371 e. The fourth-order valence-electron chi connectivity index (χ4n) is 0. The van der Waals surface area contributed by atoms with Crippen LogP contribution in [0.1, 0.15) is 0 Å². The minimum atomic E-state index is -4.81. The van der Waals surface area contributed by atoms with Crippen molar-refractivity contribution in [2.45, 2.75) is 0 Å². The third-order valence-electron chi connectivity index (χ3n) is 0. The van der Waals surface area contributed by atoms with Crippen LogP contribution in [0.5, 0.6) is 0 Å². The van der Waals surface area contributed by atoms with E-state index in [1.807, 2.05) is 0 Å². The monoisotopic (exact) mass is 114 g/mol. The first-order valence-corrected chi connectivity index (χ1v) is 3.25. The molecular formula is FO2PS-2. The molecule has 0 aromatic heterocycles. The predicted molar refractivity (Wildman–Crippen MR) is 15.4 cm³/mol. The van der Waals surface area contributed by atoms with Gasteiger partial charge in [0.05, 0.1) is 0 Å². The fourth-order valence-corrected chi connectivity index (χ4v) is 0. The van der Waals surface area contributed by atoms with Crippen molar-refractivity contribution in [1.29, 1.82) is 0 Å². The Hall–Kier alpha value is 0.500. The molecule has 0 rings (SSSR count). The zero-order valence-electron chi connectivity index (χ0n) is 2.05. The molecular weight excluding hydrogens is 114 g/mol. The summed E-state index contributed by atoms with van der Waals surface area (Å²) in [5, 5.41) is 0. The topological polar surface area (TPSA) is 46.1 Å². The normalized spacial score (nSPS) is 11.8. The summed E-state index contributed by atoms with van der Waals surface area (Å²) in [6.45, 7) is -4.81. The molecule has 0 aliphatic rings. The second-order valence-corrected chi connectivity index (χ2v) is 2.60. The van der Waals surface area contributed by atoms with Gasteiger partial charge in [-0.3, -0.25) is 4.20 Å². The minimum Gasteiger partial charge on any atom is -0.808 e. The molecule has 0 bridgehead atoms. The molecule has 0 fully saturated rings. The minimum absolute atomic E-state index is 3.16. The predicted octanol–water partition coefficient (Wildman–Crippen LogP) is -1.10. The second-order valence-electron chi connectivity index (χ2n) is 0.431. The van der Waals surface area contributed by atoms with Crippen molar-refractivity contribution in [3.8, 4) is 0 Å². The number of hydrogen-bond donors (Lipinski definition) is 0. The first-order chi connectivity index (χ1) is 2.00. The van der Waals surface area contributed by atoms with E-state index in [0.717, 1.165) is 0 Å². The molecule has 0 aromatic rings. The fraction of sp³-hybridized carbons (Fsp3) is 0. The maximum Gasteiger partial charge on any atom is -0.0371 e. The van der Waals surface area contributed by atoms with E-state index in [0.29, 0.717) is 0 Å². The van der Waals surface area contributed by atoms with E-state index in [9.17, 15) is 4.20 Å². The quantitative estimate of drug-likeness (QED) is 0.375. The van der Waals surface area contributed by atoms with Crippen LogP contribution in [0.2, 0.25) is 0 Å². The lowest BCUT2D eigenvalue weighted by atomic mass is 15.9. The summed E-state index contributed by atoms with van der Waals surface area (Å²) in [7, 11) is 0. The van der Waals surface area contributed by atoms with Gasteiger partial charge in [0, 0.05) is 0 Å². The zero-order valence-corrected chi connectivity index (χ0v) is 3.76. The Morgan fingerprint density at radius 1 is 1.60 bits per heavy atom. The first kappa shape index (κ1) is 5.50. The van der Waals surface area contributed by atoms with Crippen molar-refractivity contribution in [3.63, 3.8) is 0 Å². The Morgan fingerprint density at radius 2 is 1.60 bits per heavy atom. The Balaban J connectivity index is 3.47. The van der Waals surface area contributed by atoms with Crippen LogP contribution in [0, 0.1) is 0 Å². The van der Waals surface area contributed by atoms with Gasteiger partial charge in [-0.2, -0.15) is 0 Å². The van der Waals surface area contributed by atoms with E-state index >= 15 is 0 Å². The maximum atomic E-state index is 10.5. The van der Waals surface area contributed by atoms with Gasteiger partial charge < -0.3 is 9.79 Å². The molecule has 0 heterocycles. The van der Waals surface area contributed by atoms with Gasteiger partial charge in [-0.15, -0.1) is 0 Å². The van der Waals surface area contributed by atoms with Gasteiger partial charge in [0.2, 0.25) is 0 Å². The van der Waals surface area contributed by atoms with E-state index in [-0.39, 0.29) is 0 Å². The third kappa shape index (κ3) is 112. The zero-order chi connectivity index (χ0) is 4.50. The highest BCUT2D eigenvalue weighted by atomic mass is 32.5. The summed E-state index contributed by atoms with van der Waals surface area (Å²) >= 11 is 3.16. The SMILES string of the molecule is [O-]P([O-])(F)=S. The van der Waals surface area contributed by atoms with Crippen molar-refractivity contribution in [3.05, 3.63) is 0 Å². The molecule has 0 aromatic carbocycles. The molecule has 32 valence electrons. The third-order valence-corrected chi connectivity index (χ3v) is 0. The van der Waals surface area contributed by atoms with E-state index < -0.39 is 6.80 Å². The van der Waals surface area contributed by atoms with Crippen LogP contribution in [-0.4, -0.2) is 0 Å². The van der Waals surface area contributed by atoms with Crippen LogP contribution in [-0.2, 0) is 11.8 Å². The molecule has 0 spiro atoms. The van der Waals surface area contributed by atoms with Gasteiger partial charge >= 0.3 is 0 Å². The highest BCUT2D eigenvalue weighted by Gasteiger charge is 1.62. The van der Waals surface area contributed by atoms with Crippen molar-refractivity contribution in [2.24, 2.45) is 0 Å². The molecule has 0 N–H and O–H groups in total. The molecule has 0 amide bonds. The molecule has 0 atom stereocenters. The molecule has 0 aliphatic carbocycles. The lowest BCUT2D eigenvalue weighted by Gasteiger charge is -2.21. The number of hydrogen-bond acceptors (Lipinski definition) is 3. The largest absolute Gasteiger partial charge is 0.808 e. The van der Waals surface area contributed by atoms with Crippen LogP contribution in [0.25, 0.3) is 0 Å².